The first-order chi connectivity index (χ1) is 37.8. The number of benzene rings is 5. The second-order valence-electron chi connectivity index (χ2n) is 20.2. The molecule has 5 saturated heterocycles. The van der Waals surface area contributed by atoms with E-state index in [1.165, 1.54) is 0 Å². The molecule has 20 heteroatoms. The van der Waals surface area contributed by atoms with Crippen molar-refractivity contribution in [1.29, 1.82) is 0 Å². The van der Waals surface area contributed by atoms with Gasteiger partial charge in [0.15, 0.2) is 6.29 Å². The summed E-state index contributed by atoms with van der Waals surface area (Å²) in [5.74, 6) is -0.340. The molecule has 5 aliphatic rings. The molecule has 0 aromatic heterocycles. The summed E-state index contributed by atoms with van der Waals surface area (Å²) in [4.78, 5) is 0. The van der Waals surface area contributed by atoms with E-state index in [1.54, 1.807) is 7.07 Å². The van der Waals surface area contributed by atoms with Gasteiger partial charge < -0.3 is 9.47 Å². The van der Waals surface area contributed by atoms with Crippen LogP contribution in [-0.4, -0.2) is 100 Å². The predicted molar refractivity (Wildman–Crippen MR) is 281 cm³/mol. The zero-order valence-corrected chi connectivity index (χ0v) is 44.6. The van der Waals surface area contributed by atoms with Crippen molar-refractivity contribution in [1.82, 2.24) is 5.14 Å². The Kier molecular flexibility index (Phi) is 19.9. The molecule has 0 aliphatic carbocycles. The van der Waals surface area contributed by atoms with E-state index in [4.69, 9.17) is 66.2 Å². The molecular weight excluding hydrogens is 1010 g/mol. The summed E-state index contributed by atoms with van der Waals surface area (Å²) in [7, 11) is 0.127. The quantitative estimate of drug-likeness (QED) is 0.0248. The van der Waals surface area contributed by atoms with Gasteiger partial charge >= 0.3 is 335 Å². The molecule has 0 radical (unpaired) electrons. The van der Waals surface area contributed by atoms with E-state index in [2.05, 4.69) is 32.8 Å². The average Bonchev–Trinajstić information content (AvgIpc) is 4.29. The van der Waals surface area contributed by atoms with Crippen LogP contribution >= 0.6 is 8.69 Å². The van der Waals surface area contributed by atoms with Crippen LogP contribution in [0.25, 0.3) is 0 Å². The van der Waals surface area contributed by atoms with E-state index in [1.807, 2.05) is 152 Å². The molecule has 8 unspecified atom stereocenters. The van der Waals surface area contributed by atoms with E-state index >= 15 is 0 Å². The van der Waals surface area contributed by atoms with Crippen LogP contribution in [0.15, 0.2) is 157 Å². The topological polar surface area (TPSA) is 165 Å². The van der Waals surface area contributed by atoms with Gasteiger partial charge in [-0.2, -0.15) is 0 Å². The first-order valence-electron chi connectivity index (χ1n) is 26.6. The van der Waals surface area contributed by atoms with Crippen molar-refractivity contribution in [2.24, 2.45) is 28.7 Å². The normalized spacial score (nSPS) is 33.1. The van der Waals surface area contributed by atoms with Gasteiger partial charge in [-0.1, -0.05) is 79.7 Å². The Morgan fingerprint density at radius 3 is 1.73 bits per heavy atom. The number of nitrogens with zero attached hydrogens (tertiary/aromatic N) is 2. The summed E-state index contributed by atoms with van der Waals surface area (Å²) >= 11 is 0. The molecule has 17 nitrogen and oxygen atoms in total. The third-order valence-electron chi connectivity index (χ3n) is 15.1. The van der Waals surface area contributed by atoms with E-state index < -0.39 is 89.9 Å². The molecule has 5 aliphatic heterocycles. The third-order valence-corrected chi connectivity index (χ3v) is 15.3. The molecule has 5 aromatic rings. The van der Waals surface area contributed by atoms with E-state index in [9.17, 15) is 4.57 Å². The fourth-order valence-corrected chi connectivity index (χ4v) is 10.5. The van der Waals surface area contributed by atoms with Crippen molar-refractivity contribution in [3.63, 3.8) is 0 Å². The number of ether oxygens (including phenoxy) is 11. The van der Waals surface area contributed by atoms with Crippen LogP contribution in [0.5, 0.6) is 0 Å². The SMILES string of the molecule is CC1C(OCc2ccccc2)[C@@H](O[C@@H]2C(OCc3ccccc3)[C@H](O[C@@H]3C(COCc4ccccc4)O[C@@H](OCc4ccccc4)C(C)[C@@H]3C)OC3COC(c4ccccc4)O[C@H]32)O[C@@H](CB=NOB2ON2OP=O)[C@H]1C. The Morgan fingerprint density at radius 1 is 0.571 bits per heavy atom. The average molecular weight is 1070 g/mol. The van der Waals surface area contributed by atoms with Crippen LogP contribution in [0.3, 0.4) is 0 Å². The van der Waals surface area contributed by atoms with Crippen LogP contribution in [0.1, 0.15) is 61.8 Å². The van der Waals surface area contributed by atoms with Crippen LogP contribution in [0.2, 0.25) is 6.32 Å². The molecule has 0 bridgehead atoms. The van der Waals surface area contributed by atoms with Gasteiger partial charge in [0.2, 0.25) is 0 Å². The van der Waals surface area contributed by atoms with Crippen LogP contribution < -0.4 is 0 Å². The molecule has 0 saturated carbocycles. The van der Waals surface area contributed by atoms with E-state index in [0.29, 0.717) is 26.1 Å². The molecule has 0 spiro atoms. The van der Waals surface area contributed by atoms with Crippen molar-refractivity contribution < 1.29 is 70.8 Å². The van der Waals surface area contributed by atoms with Gasteiger partial charge in [-0.05, 0) is 11.1 Å². The first-order valence-corrected chi connectivity index (χ1v) is 27.3. The van der Waals surface area contributed by atoms with Gasteiger partial charge in [-0.25, -0.2) is 0 Å². The number of hydrogen-bond donors (Lipinski definition) is 0. The van der Waals surface area contributed by atoms with E-state index in [0.717, 1.165) is 33.0 Å². The van der Waals surface area contributed by atoms with Gasteiger partial charge in [0.25, 0.3) is 0 Å². The standard InChI is InChI=1S/C57H67B2N2O15P/c1-37-38(2)50(64-32-42-22-12-6-13-23-42)56(68-46(37)30-58-60-74-59-61(75-59)76-77-62)73-52-51-48(36-67-55(72-51)45-28-18-9-19-29-45)70-57(53(52)65-33-43-24-14-7-15-25-43)71-49-39(3)40(4)54(66-34-44-26-16-8-17-27-44)69-47(49)35-63-31-41-20-10-5-11-21-41/h5-29,37-40,46-57H,30-36H2,1-4H3/t37-,38?,39-,40?,46-,47?,48?,49-,50?,51+,52-,53?,54+,55?,56+,57-,61?/m0/s1. The van der Waals surface area contributed by atoms with Crippen molar-refractivity contribution in [2.75, 3.05) is 13.2 Å². The zero-order valence-electron chi connectivity index (χ0n) is 43.7. The van der Waals surface area contributed by atoms with Gasteiger partial charge in [-0.3, -0.25) is 0 Å². The summed E-state index contributed by atoms with van der Waals surface area (Å²) in [6, 6.07) is 49.9. The van der Waals surface area contributed by atoms with Crippen molar-refractivity contribution in [3.8, 4) is 0 Å². The summed E-state index contributed by atoms with van der Waals surface area (Å²) in [6.45, 7) is 10.2. The molecule has 5 heterocycles. The van der Waals surface area contributed by atoms with Gasteiger partial charge in [-0.15, -0.1) is 0 Å². The van der Waals surface area contributed by atoms with Crippen LogP contribution in [-0.2, 0) is 97.2 Å². The van der Waals surface area contributed by atoms with Crippen molar-refractivity contribution in [3.05, 3.63) is 179 Å². The number of fused-ring (bicyclic) bond motifs is 1. The minimum atomic E-state index is -1.04. The van der Waals surface area contributed by atoms with E-state index in [-0.39, 0.29) is 43.5 Å². The summed E-state index contributed by atoms with van der Waals surface area (Å²) in [6.07, 6.45) is -8.25. The molecular formula is C57H67B2N2O15P. The fourth-order valence-electron chi connectivity index (χ4n) is 10.3. The van der Waals surface area contributed by atoms with Crippen molar-refractivity contribution >= 4 is 23.0 Å². The monoisotopic (exact) mass is 1070 g/mol. The molecule has 0 amide bonds. The molecule has 406 valence electrons. The summed E-state index contributed by atoms with van der Waals surface area (Å²) in [5, 5.41) is 5.05. The molecule has 77 heavy (non-hydrogen) atoms. The molecule has 5 aromatic carbocycles. The fraction of sp³-hybridized carbons (Fsp3) is 0.474. The minimum absolute atomic E-state index is 0.0277. The Morgan fingerprint density at radius 2 is 1.10 bits per heavy atom. The Bertz CT molecular complexity index is 2580. The maximum atomic E-state index is 10.9. The second-order valence-corrected chi connectivity index (χ2v) is 20.6. The van der Waals surface area contributed by atoms with Gasteiger partial charge in [0.1, 0.15) is 0 Å². The first kappa shape index (κ1) is 55.7. The predicted octanol–water partition coefficient (Wildman–Crippen LogP) is 9.80. The number of rotatable bonds is 24. The van der Waals surface area contributed by atoms with Crippen molar-refractivity contribution in [2.45, 2.75) is 134 Å². The molecule has 5 fully saturated rings. The molecule has 0 N–H and O–H groups in total. The third kappa shape index (κ3) is 14.6. The Labute approximate surface area is 453 Å². The maximum absolute atomic E-state index is 10.9. The van der Waals surface area contributed by atoms with Crippen LogP contribution in [0, 0.1) is 23.7 Å². The summed E-state index contributed by atoms with van der Waals surface area (Å²) < 4.78 is 103. The Balaban J connectivity index is 0.975. The Hall–Kier alpha value is -4.63. The summed E-state index contributed by atoms with van der Waals surface area (Å²) in [5.41, 5.74) is 4.87. The zero-order chi connectivity index (χ0) is 52.9. The number of hydrogen-bond acceptors (Lipinski definition) is 17. The van der Waals surface area contributed by atoms with Gasteiger partial charge in [0, 0.05) is 0 Å². The molecule has 10 rings (SSSR count). The molecule has 17 atom stereocenters. The van der Waals surface area contributed by atoms with Gasteiger partial charge in [0.05, 0.1) is 13.2 Å². The second kappa shape index (κ2) is 27.5. The van der Waals surface area contributed by atoms with Crippen LogP contribution in [0.4, 0.5) is 0 Å².